The predicted molar refractivity (Wildman–Crippen MR) is 92.2 cm³/mol. The summed E-state index contributed by atoms with van der Waals surface area (Å²) in [4.78, 5) is 2.56. The van der Waals surface area contributed by atoms with Gasteiger partial charge in [0.05, 0.1) is 6.61 Å². The van der Waals surface area contributed by atoms with Gasteiger partial charge < -0.3 is 9.64 Å². The molecule has 22 heavy (non-hydrogen) atoms. The minimum Gasteiger partial charge on any atom is -0.383 e. The van der Waals surface area contributed by atoms with Crippen LogP contribution >= 0.6 is 0 Å². The van der Waals surface area contributed by atoms with Crippen LogP contribution in [0, 0.1) is 11.8 Å². The lowest BCUT2D eigenvalue weighted by Crippen LogP contribution is -2.35. The Kier molecular flexibility index (Phi) is 5.91. The van der Waals surface area contributed by atoms with Gasteiger partial charge in [-0.2, -0.15) is 0 Å². The Morgan fingerprint density at radius 3 is 2.59 bits per heavy atom. The molecule has 1 saturated heterocycles. The van der Waals surface area contributed by atoms with Gasteiger partial charge in [-0.15, -0.1) is 0 Å². The second kappa shape index (κ2) is 8.12. The molecule has 122 valence electrons. The summed E-state index contributed by atoms with van der Waals surface area (Å²) in [5.41, 5.74) is 1.57. The first-order valence-electron chi connectivity index (χ1n) is 9.13. The minimum absolute atomic E-state index is 0.872. The van der Waals surface area contributed by atoms with E-state index in [2.05, 4.69) is 35.2 Å². The molecule has 2 fully saturated rings. The van der Waals surface area contributed by atoms with Gasteiger partial charge >= 0.3 is 0 Å². The van der Waals surface area contributed by atoms with E-state index in [1.54, 1.807) is 12.7 Å². The number of piperidine rings is 1. The van der Waals surface area contributed by atoms with Crippen LogP contribution in [0.2, 0.25) is 0 Å². The fourth-order valence-electron chi connectivity index (χ4n) is 4.06. The third-order valence-corrected chi connectivity index (χ3v) is 5.66. The van der Waals surface area contributed by atoms with E-state index in [4.69, 9.17) is 4.74 Å². The maximum Gasteiger partial charge on any atom is 0.0589 e. The van der Waals surface area contributed by atoms with E-state index in [0.29, 0.717) is 0 Å². The van der Waals surface area contributed by atoms with Crippen molar-refractivity contribution in [2.24, 2.45) is 11.8 Å². The van der Waals surface area contributed by atoms with Crippen LogP contribution in [0.15, 0.2) is 30.3 Å². The van der Waals surface area contributed by atoms with Gasteiger partial charge in [-0.05, 0) is 62.1 Å². The zero-order valence-corrected chi connectivity index (χ0v) is 14.0. The number of nitrogens with zero attached hydrogens (tertiary/aromatic N) is 1. The average molecular weight is 301 g/mol. The smallest absolute Gasteiger partial charge is 0.0589 e. The fourth-order valence-corrected chi connectivity index (χ4v) is 4.06. The van der Waals surface area contributed by atoms with Crippen LogP contribution in [0.5, 0.6) is 0 Å². The standard InChI is InChI=1S/C20H31NO/c1-22-15-14-21-12-10-17(11-13-21)6-5-9-19-16-20(19)18-7-3-2-4-8-18/h2-4,7-8,17,19-20H,5-6,9-16H2,1H3/t19-,20+/m1/s1. The maximum absolute atomic E-state index is 5.17. The molecule has 1 heterocycles. The Hall–Kier alpha value is -0.860. The SMILES string of the molecule is COCCN1CCC(CCC[C@@H]2C[C@H]2c2ccccc2)CC1. The van der Waals surface area contributed by atoms with Gasteiger partial charge in [0, 0.05) is 13.7 Å². The number of rotatable bonds is 8. The molecule has 1 aromatic carbocycles. The molecule has 2 nitrogen and oxygen atoms in total. The van der Waals surface area contributed by atoms with Crippen LogP contribution in [-0.4, -0.2) is 38.3 Å². The summed E-state index contributed by atoms with van der Waals surface area (Å²) >= 11 is 0. The molecule has 0 spiro atoms. The van der Waals surface area contributed by atoms with Crippen LogP contribution in [0.25, 0.3) is 0 Å². The highest BCUT2D eigenvalue weighted by molar-refractivity contribution is 5.25. The second-order valence-corrected chi connectivity index (χ2v) is 7.22. The molecule has 2 heteroatoms. The monoisotopic (exact) mass is 301 g/mol. The van der Waals surface area contributed by atoms with Crippen molar-refractivity contribution >= 4 is 0 Å². The summed E-state index contributed by atoms with van der Waals surface area (Å²) in [5, 5.41) is 0. The molecule has 0 N–H and O–H groups in total. The highest BCUT2D eigenvalue weighted by atomic mass is 16.5. The summed E-state index contributed by atoms with van der Waals surface area (Å²) < 4.78 is 5.17. The zero-order chi connectivity index (χ0) is 15.2. The number of ether oxygens (including phenoxy) is 1. The van der Waals surface area contributed by atoms with Crippen LogP contribution in [0.1, 0.15) is 50.0 Å². The topological polar surface area (TPSA) is 12.5 Å². The molecule has 1 aromatic rings. The molecule has 0 radical (unpaired) electrons. The lowest BCUT2D eigenvalue weighted by molar-refractivity contribution is 0.118. The minimum atomic E-state index is 0.872. The molecular weight excluding hydrogens is 270 g/mol. The first-order chi connectivity index (χ1) is 10.9. The lowest BCUT2D eigenvalue weighted by atomic mass is 9.91. The number of hydrogen-bond acceptors (Lipinski definition) is 2. The van der Waals surface area contributed by atoms with Crippen molar-refractivity contribution in [3.63, 3.8) is 0 Å². The third kappa shape index (κ3) is 4.57. The highest BCUT2D eigenvalue weighted by Gasteiger charge is 2.37. The number of hydrogen-bond donors (Lipinski definition) is 0. The van der Waals surface area contributed by atoms with Crippen LogP contribution < -0.4 is 0 Å². The summed E-state index contributed by atoms with van der Waals surface area (Å²) in [7, 11) is 1.80. The number of likely N-dealkylation sites (tertiary alicyclic amines) is 1. The Labute approximate surface area is 135 Å². The molecule has 1 aliphatic carbocycles. The van der Waals surface area contributed by atoms with Gasteiger partial charge in [0.15, 0.2) is 0 Å². The van der Waals surface area contributed by atoms with Crippen molar-refractivity contribution in [2.75, 3.05) is 33.4 Å². The molecule has 1 aliphatic heterocycles. The van der Waals surface area contributed by atoms with E-state index in [1.807, 2.05) is 0 Å². The van der Waals surface area contributed by atoms with Crippen LogP contribution in [0.3, 0.4) is 0 Å². The normalized spacial score (nSPS) is 26.2. The van der Waals surface area contributed by atoms with Crippen molar-refractivity contribution < 1.29 is 4.74 Å². The number of methoxy groups -OCH3 is 1. The Bertz CT molecular complexity index is 425. The molecule has 3 rings (SSSR count). The van der Waals surface area contributed by atoms with Gasteiger partial charge in [-0.25, -0.2) is 0 Å². The van der Waals surface area contributed by atoms with Crippen molar-refractivity contribution in [2.45, 2.75) is 44.4 Å². The summed E-state index contributed by atoms with van der Waals surface area (Å²) in [6, 6.07) is 11.1. The molecule has 0 aromatic heterocycles. The average Bonchev–Trinajstić information content (AvgIpc) is 3.34. The Morgan fingerprint density at radius 1 is 1.09 bits per heavy atom. The molecule has 0 unspecified atom stereocenters. The van der Waals surface area contributed by atoms with Crippen LogP contribution in [0.4, 0.5) is 0 Å². The quantitative estimate of drug-likeness (QED) is 0.709. The van der Waals surface area contributed by atoms with E-state index >= 15 is 0 Å². The molecule has 0 bridgehead atoms. The fraction of sp³-hybridized carbons (Fsp3) is 0.700. The Balaban J connectivity index is 1.28. The van der Waals surface area contributed by atoms with E-state index in [0.717, 1.165) is 30.9 Å². The summed E-state index contributed by atoms with van der Waals surface area (Å²) in [5.74, 6) is 2.83. The van der Waals surface area contributed by atoms with Crippen molar-refractivity contribution in [1.82, 2.24) is 4.90 Å². The van der Waals surface area contributed by atoms with Gasteiger partial charge in [0.25, 0.3) is 0 Å². The molecule has 1 saturated carbocycles. The number of benzene rings is 1. The van der Waals surface area contributed by atoms with E-state index in [-0.39, 0.29) is 0 Å². The van der Waals surface area contributed by atoms with Crippen LogP contribution in [-0.2, 0) is 4.74 Å². The predicted octanol–water partition coefficient (Wildman–Crippen LogP) is 4.32. The van der Waals surface area contributed by atoms with Gasteiger partial charge in [0.2, 0.25) is 0 Å². The van der Waals surface area contributed by atoms with E-state index < -0.39 is 0 Å². The van der Waals surface area contributed by atoms with E-state index in [1.165, 1.54) is 51.6 Å². The third-order valence-electron chi connectivity index (χ3n) is 5.66. The van der Waals surface area contributed by atoms with Crippen molar-refractivity contribution in [3.05, 3.63) is 35.9 Å². The van der Waals surface area contributed by atoms with Gasteiger partial charge in [-0.1, -0.05) is 43.2 Å². The molecular formula is C20H31NO. The van der Waals surface area contributed by atoms with Gasteiger partial charge in [0.1, 0.15) is 0 Å². The molecule has 2 aliphatic rings. The molecule has 2 atom stereocenters. The molecule has 0 amide bonds. The first-order valence-corrected chi connectivity index (χ1v) is 9.13. The first kappa shape index (κ1) is 16.0. The largest absolute Gasteiger partial charge is 0.383 e. The summed E-state index contributed by atoms with van der Waals surface area (Å²) in [6.45, 7) is 4.56. The highest BCUT2D eigenvalue weighted by Crippen LogP contribution is 2.50. The zero-order valence-electron chi connectivity index (χ0n) is 14.0. The maximum atomic E-state index is 5.17. The van der Waals surface area contributed by atoms with Crippen molar-refractivity contribution in [3.8, 4) is 0 Å². The van der Waals surface area contributed by atoms with E-state index in [9.17, 15) is 0 Å². The lowest BCUT2D eigenvalue weighted by Gasteiger charge is -2.31. The second-order valence-electron chi connectivity index (χ2n) is 7.22. The van der Waals surface area contributed by atoms with Crippen molar-refractivity contribution in [1.29, 1.82) is 0 Å². The van der Waals surface area contributed by atoms with Gasteiger partial charge in [-0.3, -0.25) is 0 Å². The summed E-state index contributed by atoms with van der Waals surface area (Å²) in [6.07, 6.45) is 8.57. The Morgan fingerprint density at radius 2 is 1.86 bits per heavy atom.